The smallest absolute Gasteiger partial charge is 0.0526 e. The Morgan fingerprint density at radius 2 is 2.31 bits per heavy atom. The van der Waals surface area contributed by atoms with Crippen LogP contribution >= 0.6 is 11.8 Å². The molecule has 1 saturated heterocycles. The fourth-order valence-electron chi connectivity index (χ4n) is 1.85. The Morgan fingerprint density at radius 3 is 2.85 bits per heavy atom. The Kier molecular flexibility index (Phi) is 5.14. The van der Waals surface area contributed by atoms with Gasteiger partial charge < -0.3 is 10.4 Å². The van der Waals surface area contributed by atoms with Gasteiger partial charge in [0.05, 0.1) is 6.10 Å². The van der Waals surface area contributed by atoms with Gasteiger partial charge in [-0.1, -0.05) is 0 Å². The molecule has 1 heterocycles. The summed E-state index contributed by atoms with van der Waals surface area (Å²) in [6, 6.07) is 1.12. The molecule has 3 atom stereocenters. The number of nitrogens with one attached hydrogen (secondary N) is 1. The Morgan fingerprint density at radius 1 is 1.54 bits per heavy atom. The molecule has 1 fully saturated rings. The number of thioether (sulfide) groups is 1. The Hall–Kier alpha value is 0.270. The van der Waals surface area contributed by atoms with E-state index in [-0.39, 0.29) is 6.10 Å². The molecule has 2 nitrogen and oxygen atoms in total. The molecule has 1 aliphatic rings. The first-order chi connectivity index (χ1) is 6.18. The standard InChI is InChI=1S/C10H21NOS/c1-8(6-9(2)12)11-10-4-3-5-13-7-10/h8-12H,3-7H2,1-2H3. The molecule has 0 radical (unpaired) electrons. The van der Waals surface area contributed by atoms with E-state index in [0.29, 0.717) is 12.1 Å². The summed E-state index contributed by atoms with van der Waals surface area (Å²) in [6.45, 7) is 4.01. The minimum atomic E-state index is -0.182. The predicted octanol–water partition coefficient (Wildman–Crippen LogP) is 1.63. The van der Waals surface area contributed by atoms with E-state index in [1.165, 1.54) is 24.3 Å². The highest BCUT2D eigenvalue weighted by Crippen LogP contribution is 2.17. The minimum absolute atomic E-state index is 0.182. The third-order valence-corrected chi connectivity index (χ3v) is 3.59. The summed E-state index contributed by atoms with van der Waals surface area (Å²) < 4.78 is 0. The summed E-state index contributed by atoms with van der Waals surface area (Å²) in [5.41, 5.74) is 0. The van der Waals surface area contributed by atoms with Gasteiger partial charge in [0.1, 0.15) is 0 Å². The van der Waals surface area contributed by atoms with Crippen molar-refractivity contribution in [1.82, 2.24) is 5.32 Å². The lowest BCUT2D eigenvalue weighted by molar-refractivity contribution is 0.168. The molecule has 3 unspecified atom stereocenters. The molecule has 2 N–H and O–H groups in total. The molecule has 0 saturated carbocycles. The fourth-order valence-corrected chi connectivity index (χ4v) is 2.94. The maximum atomic E-state index is 9.21. The van der Waals surface area contributed by atoms with E-state index < -0.39 is 0 Å². The highest BCUT2D eigenvalue weighted by molar-refractivity contribution is 7.99. The lowest BCUT2D eigenvalue weighted by Crippen LogP contribution is -2.41. The molecule has 0 spiro atoms. The van der Waals surface area contributed by atoms with Crippen LogP contribution in [0.5, 0.6) is 0 Å². The van der Waals surface area contributed by atoms with Gasteiger partial charge in [-0.2, -0.15) is 11.8 Å². The second-order valence-electron chi connectivity index (χ2n) is 4.07. The van der Waals surface area contributed by atoms with Crippen LogP contribution in [0.1, 0.15) is 33.1 Å². The molecule has 13 heavy (non-hydrogen) atoms. The summed E-state index contributed by atoms with van der Waals surface area (Å²) in [6.07, 6.45) is 3.32. The molecular formula is C10H21NOS. The van der Waals surface area contributed by atoms with Gasteiger partial charge >= 0.3 is 0 Å². The van der Waals surface area contributed by atoms with E-state index in [1.807, 2.05) is 18.7 Å². The van der Waals surface area contributed by atoms with Crippen molar-refractivity contribution in [2.75, 3.05) is 11.5 Å². The van der Waals surface area contributed by atoms with E-state index in [0.717, 1.165) is 6.42 Å². The highest BCUT2D eigenvalue weighted by atomic mass is 32.2. The number of aliphatic hydroxyl groups excluding tert-OH is 1. The molecule has 78 valence electrons. The quantitative estimate of drug-likeness (QED) is 0.728. The lowest BCUT2D eigenvalue weighted by Gasteiger charge is -2.26. The van der Waals surface area contributed by atoms with Crippen molar-refractivity contribution in [3.8, 4) is 0 Å². The first-order valence-corrected chi connectivity index (χ1v) is 6.36. The first kappa shape index (κ1) is 11.3. The maximum absolute atomic E-state index is 9.21. The zero-order valence-corrected chi connectivity index (χ0v) is 9.44. The molecule has 0 aromatic rings. The summed E-state index contributed by atoms with van der Waals surface area (Å²) in [4.78, 5) is 0. The largest absolute Gasteiger partial charge is 0.393 e. The molecule has 0 aliphatic carbocycles. The molecule has 1 rings (SSSR count). The molecule has 3 heteroatoms. The molecule has 1 aliphatic heterocycles. The molecule has 0 bridgehead atoms. The van der Waals surface area contributed by atoms with E-state index in [9.17, 15) is 5.11 Å². The average molecular weight is 203 g/mol. The summed E-state index contributed by atoms with van der Waals surface area (Å²) >= 11 is 2.04. The summed E-state index contributed by atoms with van der Waals surface area (Å²) in [7, 11) is 0. The van der Waals surface area contributed by atoms with Crippen LogP contribution in [-0.2, 0) is 0 Å². The predicted molar refractivity (Wildman–Crippen MR) is 59.2 cm³/mol. The third kappa shape index (κ3) is 4.89. The lowest BCUT2D eigenvalue weighted by atomic mass is 10.1. The minimum Gasteiger partial charge on any atom is -0.393 e. The number of hydrogen-bond donors (Lipinski definition) is 2. The molecule has 0 amide bonds. The average Bonchev–Trinajstić information content (AvgIpc) is 2.04. The normalized spacial score (nSPS) is 28.4. The zero-order valence-electron chi connectivity index (χ0n) is 8.62. The van der Waals surface area contributed by atoms with Gasteiger partial charge in [-0.3, -0.25) is 0 Å². The molecule has 0 aromatic carbocycles. The van der Waals surface area contributed by atoms with Crippen LogP contribution in [0.4, 0.5) is 0 Å². The van der Waals surface area contributed by atoms with E-state index in [4.69, 9.17) is 0 Å². The van der Waals surface area contributed by atoms with Crippen molar-refractivity contribution in [2.24, 2.45) is 0 Å². The van der Waals surface area contributed by atoms with Crippen molar-refractivity contribution in [3.63, 3.8) is 0 Å². The Labute approximate surface area is 85.5 Å². The van der Waals surface area contributed by atoms with Gasteiger partial charge in [-0.05, 0) is 38.9 Å². The first-order valence-electron chi connectivity index (χ1n) is 5.20. The van der Waals surface area contributed by atoms with Crippen LogP contribution in [0.3, 0.4) is 0 Å². The second kappa shape index (κ2) is 5.89. The number of rotatable bonds is 4. The molecular weight excluding hydrogens is 182 g/mol. The Balaban J connectivity index is 2.14. The van der Waals surface area contributed by atoms with Crippen molar-refractivity contribution in [3.05, 3.63) is 0 Å². The van der Waals surface area contributed by atoms with Crippen molar-refractivity contribution in [2.45, 2.75) is 51.3 Å². The monoisotopic (exact) mass is 203 g/mol. The number of hydrogen-bond acceptors (Lipinski definition) is 3. The van der Waals surface area contributed by atoms with Gasteiger partial charge in [0.15, 0.2) is 0 Å². The zero-order chi connectivity index (χ0) is 9.68. The highest BCUT2D eigenvalue weighted by Gasteiger charge is 2.16. The van der Waals surface area contributed by atoms with Gasteiger partial charge in [0, 0.05) is 17.8 Å². The third-order valence-electron chi connectivity index (χ3n) is 2.38. The fraction of sp³-hybridized carbons (Fsp3) is 1.00. The van der Waals surface area contributed by atoms with Crippen LogP contribution < -0.4 is 5.32 Å². The van der Waals surface area contributed by atoms with Crippen LogP contribution in [-0.4, -0.2) is 34.8 Å². The van der Waals surface area contributed by atoms with Gasteiger partial charge in [-0.15, -0.1) is 0 Å². The van der Waals surface area contributed by atoms with Crippen molar-refractivity contribution >= 4 is 11.8 Å². The van der Waals surface area contributed by atoms with Crippen LogP contribution in [0.15, 0.2) is 0 Å². The second-order valence-corrected chi connectivity index (χ2v) is 5.22. The van der Waals surface area contributed by atoms with E-state index in [1.54, 1.807) is 0 Å². The van der Waals surface area contributed by atoms with Crippen LogP contribution in [0.2, 0.25) is 0 Å². The van der Waals surface area contributed by atoms with Crippen LogP contribution in [0, 0.1) is 0 Å². The SMILES string of the molecule is CC(O)CC(C)NC1CCCSC1. The summed E-state index contributed by atoms with van der Waals surface area (Å²) in [5, 5.41) is 12.8. The topological polar surface area (TPSA) is 32.3 Å². The van der Waals surface area contributed by atoms with E-state index in [2.05, 4.69) is 12.2 Å². The molecule has 0 aromatic heterocycles. The van der Waals surface area contributed by atoms with E-state index >= 15 is 0 Å². The van der Waals surface area contributed by atoms with Gasteiger partial charge in [0.2, 0.25) is 0 Å². The maximum Gasteiger partial charge on any atom is 0.0526 e. The van der Waals surface area contributed by atoms with Crippen molar-refractivity contribution < 1.29 is 5.11 Å². The number of aliphatic hydroxyl groups is 1. The van der Waals surface area contributed by atoms with Gasteiger partial charge in [0.25, 0.3) is 0 Å². The van der Waals surface area contributed by atoms with Gasteiger partial charge in [-0.25, -0.2) is 0 Å². The Bertz CT molecular complexity index is 135. The van der Waals surface area contributed by atoms with Crippen LogP contribution in [0.25, 0.3) is 0 Å². The summed E-state index contributed by atoms with van der Waals surface area (Å²) in [5.74, 6) is 2.56. The van der Waals surface area contributed by atoms with Crippen molar-refractivity contribution in [1.29, 1.82) is 0 Å².